The third kappa shape index (κ3) is 6.17. The van der Waals surface area contributed by atoms with E-state index in [2.05, 4.69) is 4.98 Å². The van der Waals surface area contributed by atoms with E-state index in [0.717, 1.165) is 0 Å². The van der Waals surface area contributed by atoms with Crippen LogP contribution < -0.4 is 11.5 Å². The van der Waals surface area contributed by atoms with Crippen LogP contribution in [0.1, 0.15) is 21.5 Å². The number of benzene rings is 1. The highest BCUT2D eigenvalue weighted by molar-refractivity contribution is 6.32. The third-order valence-corrected chi connectivity index (χ3v) is 3.62. The highest BCUT2D eigenvalue weighted by Gasteiger charge is 2.19. The Bertz CT molecular complexity index is 751. The van der Waals surface area contributed by atoms with Crippen LogP contribution in [-0.4, -0.2) is 22.9 Å². The molecule has 0 aliphatic carbocycles. The molecule has 1 atom stereocenters. The number of nitrogens with two attached hydrogens (primary N) is 2. The first-order valence-corrected chi connectivity index (χ1v) is 7.74. The summed E-state index contributed by atoms with van der Waals surface area (Å²) in [5.74, 6) is -1.19. The Kier molecular flexibility index (Phi) is 8.12. The van der Waals surface area contributed by atoms with Crippen LogP contribution in [0.4, 0.5) is 0 Å². The largest absolute Gasteiger partial charge is 0.460 e. The number of aromatic nitrogens is 1. The molecule has 0 aliphatic heterocycles. The summed E-state index contributed by atoms with van der Waals surface area (Å²) in [7, 11) is 0. The van der Waals surface area contributed by atoms with Crippen LogP contribution in [0.15, 0.2) is 36.4 Å². The lowest BCUT2D eigenvalue weighted by atomic mass is 10.0. The maximum atomic E-state index is 12.0. The molecule has 4 N–H and O–H groups in total. The zero-order chi connectivity index (χ0) is 17.7. The summed E-state index contributed by atoms with van der Waals surface area (Å²) < 4.78 is 5.15. The number of esters is 1. The van der Waals surface area contributed by atoms with Crippen molar-refractivity contribution in [1.29, 1.82) is 0 Å². The summed E-state index contributed by atoms with van der Waals surface area (Å²) in [5.41, 5.74) is 12.7. The van der Waals surface area contributed by atoms with Crippen molar-refractivity contribution in [2.24, 2.45) is 11.5 Å². The molecule has 0 aliphatic rings. The van der Waals surface area contributed by atoms with Crippen LogP contribution in [0.5, 0.6) is 0 Å². The lowest BCUT2D eigenvalue weighted by Gasteiger charge is -2.13. The molecule has 1 amide bonds. The Hall–Kier alpha value is -1.86. The molecule has 6 nitrogen and oxygen atoms in total. The Morgan fingerprint density at radius 3 is 2.36 bits per heavy atom. The van der Waals surface area contributed by atoms with Crippen molar-refractivity contribution in [1.82, 2.24) is 4.98 Å². The van der Waals surface area contributed by atoms with Gasteiger partial charge in [-0.15, -0.1) is 12.4 Å². The van der Waals surface area contributed by atoms with Gasteiger partial charge in [-0.25, -0.2) is 4.98 Å². The number of carbonyl (C=O) groups is 2. The minimum absolute atomic E-state index is 0. The number of primary amides is 1. The molecule has 0 fully saturated rings. The van der Waals surface area contributed by atoms with E-state index < -0.39 is 17.9 Å². The van der Waals surface area contributed by atoms with E-state index >= 15 is 0 Å². The van der Waals surface area contributed by atoms with Crippen molar-refractivity contribution in [3.05, 3.63) is 63.4 Å². The monoisotopic (exact) mass is 403 g/mol. The number of rotatable bonds is 6. The third-order valence-electron chi connectivity index (χ3n) is 3.23. The number of hydrogen-bond donors (Lipinski definition) is 2. The average molecular weight is 405 g/mol. The average Bonchev–Trinajstić information content (AvgIpc) is 2.52. The van der Waals surface area contributed by atoms with E-state index in [0.29, 0.717) is 16.7 Å². The number of ether oxygens (including phenoxy) is 1. The first-order chi connectivity index (χ1) is 11.4. The molecule has 25 heavy (non-hydrogen) atoms. The van der Waals surface area contributed by atoms with E-state index in [1.54, 1.807) is 24.3 Å². The number of amides is 1. The van der Waals surface area contributed by atoms with E-state index in [1.165, 1.54) is 12.1 Å². The zero-order valence-electron chi connectivity index (χ0n) is 12.9. The maximum absolute atomic E-state index is 12.0. The molecule has 1 aromatic heterocycles. The molecule has 2 rings (SSSR count). The van der Waals surface area contributed by atoms with Crippen molar-refractivity contribution in [2.75, 3.05) is 0 Å². The van der Waals surface area contributed by atoms with E-state index in [1.807, 2.05) is 0 Å². The van der Waals surface area contributed by atoms with E-state index in [-0.39, 0.29) is 35.7 Å². The first kappa shape index (κ1) is 21.2. The van der Waals surface area contributed by atoms with Gasteiger partial charge in [-0.05, 0) is 35.7 Å². The lowest BCUT2D eigenvalue weighted by molar-refractivity contribution is -0.146. The second-order valence-electron chi connectivity index (χ2n) is 5.06. The molecule has 2 aromatic rings. The fourth-order valence-corrected chi connectivity index (χ4v) is 2.62. The fourth-order valence-electron chi connectivity index (χ4n) is 2.12. The summed E-state index contributed by atoms with van der Waals surface area (Å²) in [6.07, 6.45) is 0.135. The topological polar surface area (TPSA) is 108 Å². The van der Waals surface area contributed by atoms with Gasteiger partial charge in [0.2, 0.25) is 5.91 Å². The lowest BCUT2D eigenvalue weighted by Crippen LogP contribution is -2.35. The number of nitrogens with zero attached hydrogens (tertiary/aromatic N) is 1. The summed E-state index contributed by atoms with van der Waals surface area (Å²) in [4.78, 5) is 27.2. The van der Waals surface area contributed by atoms with Gasteiger partial charge in [0.25, 0.3) is 0 Å². The van der Waals surface area contributed by atoms with Gasteiger partial charge >= 0.3 is 5.97 Å². The molecule has 9 heteroatoms. The molecule has 0 saturated carbocycles. The Labute approximate surface area is 160 Å². The van der Waals surface area contributed by atoms with Crippen LogP contribution >= 0.6 is 35.6 Å². The standard InChI is InChI=1S/C16H15Cl2N3O3.ClH/c17-13-5-9(6-14(18)21-13)8-24-16(23)12(19)7-10-3-1-2-4-11(10)15(20)22;/h1-6,12H,7-8,19H2,(H2,20,22);1H/t12-;/m0./s1. The molecule has 1 heterocycles. The van der Waals surface area contributed by atoms with Gasteiger partial charge in [0.1, 0.15) is 23.0 Å². The van der Waals surface area contributed by atoms with E-state index in [9.17, 15) is 9.59 Å². The molecule has 1 aromatic carbocycles. The molecule has 0 radical (unpaired) electrons. The molecule has 0 spiro atoms. The number of hydrogen-bond acceptors (Lipinski definition) is 5. The number of carbonyl (C=O) groups excluding carboxylic acids is 2. The Morgan fingerprint density at radius 1 is 1.16 bits per heavy atom. The van der Waals surface area contributed by atoms with Gasteiger partial charge in [0, 0.05) is 5.56 Å². The van der Waals surface area contributed by atoms with Gasteiger partial charge in [0.15, 0.2) is 0 Å². The van der Waals surface area contributed by atoms with Crippen molar-refractivity contribution < 1.29 is 14.3 Å². The Morgan fingerprint density at radius 2 is 1.76 bits per heavy atom. The van der Waals surface area contributed by atoms with Gasteiger partial charge < -0.3 is 16.2 Å². The Balaban J connectivity index is 0.00000312. The highest BCUT2D eigenvalue weighted by atomic mass is 35.5. The molecule has 0 bridgehead atoms. The van der Waals surface area contributed by atoms with Gasteiger partial charge in [0.05, 0.1) is 0 Å². The smallest absolute Gasteiger partial charge is 0.323 e. The van der Waals surface area contributed by atoms with Gasteiger partial charge in [-0.1, -0.05) is 41.4 Å². The fraction of sp³-hybridized carbons (Fsp3) is 0.188. The number of pyridine rings is 1. The highest BCUT2D eigenvalue weighted by Crippen LogP contribution is 2.16. The number of halogens is 3. The normalized spacial score (nSPS) is 11.3. The summed E-state index contributed by atoms with van der Waals surface area (Å²) in [6.45, 7) is -0.0358. The van der Waals surface area contributed by atoms with Crippen LogP contribution in [0.3, 0.4) is 0 Å². The summed E-state index contributed by atoms with van der Waals surface area (Å²) >= 11 is 11.6. The maximum Gasteiger partial charge on any atom is 0.323 e. The second kappa shape index (κ2) is 9.58. The van der Waals surface area contributed by atoms with Crippen molar-refractivity contribution in [2.45, 2.75) is 19.1 Å². The van der Waals surface area contributed by atoms with Crippen LogP contribution in [0.2, 0.25) is 10.3 Å². The van der Waals surface area contributed by atoms with E-state index in [4.69, 9.17) is 39.4 Å². The summed E-state index contributed by atoms with van der Waals surface area (Å²) in [5, 5.41) is 0.404. The van der Waals surface area contributed by atoms with Crippen molar-refractivity contribution in [3.63, 3.8) is 0 Å². The first-order valence-electron chi connectivity index (χ1n) is 6.98. The quantitative estimate of drug-likeness (QED) is 0.568. The minimum Gasteiger partial charge on any atom is -0.460 e. The van der Waals surface area contributed by atoms with Crippen LogP contribution in [-0.2, 0) is 22.6 Å². The molecule has 0 unspecified atom stereocenters. The molecule has 134 valence electrons. The van der Waals surface area contributed by atoms with Crippen molar-refractivity contribution >= 4 is 47.5 Å². The molecular formula is C16H16Cl3N3O3. The zero-order valence-corrected chi connectivity index (χ0v) is 15.3. The predicted octanol–water partition coefficient (Wildman–Crippen LogP) is 2.52. The van der Waals surface area contributed by atoms with Crippen LogP contribution in [0.25, 0.3) is 0 Å². The van der Waals surface area contributed by atoms with Crippen molar-refractivity contribution in [3.8, 4) is 0 Å². The van der Waals surface area contributed by atoms with Crippen LogP contribution in [0, 0.1) is 0 Å². The molecule has 0 saturated heterocycles. The minimum atomic E-state index is -0.932. The molecular weight excluding hydrogens is 389 g/mol. The predicted molar refractivity (Wildman–Crippen MR) is 97.9 cm³/mol. The SMILES string of the molecule is Cl.NC(=O)c1ccccc1C[C@H](N)C(=O)OCc1cc(Cl)nc(Cl)c1. The van der Waals surface area contributed by atoms with Gasteiger partial charge in [-0.2, -0.15) is 0 Å². The van der Waals surface area contributed by atoms with Gasteiger partial charge in [-0.3, -0.25) is 9.59 Å². The summed E-state index contributed by atoms with van der Waals surface area (Å²) in [6, 6.07) is 8.83. The second-order valence-corrected chi connectivity index (χ2v) is 5.84.